The van der Waals surface area contributed by atoms with Gasteiger partial charge in [-0.25, -0.2) is 4.98 Å². The lowest BCUT2D eigenvalue weighted by Gasteiger charge is -2.25. The summed E-state index contributed by atoms with van der Waals surface area (Å²) in [6.07, 6.45) is 0. The van der Waals surface area contributed by atoms with Crippen molar-refractivity contribution in [2.24, 2.45) is 0 Å². The van der Waals surface area contributed by atoms with Gasteiger partial charge >= 0.3 is 0 Å². The van der Waals surface area contributed by atoms with Crippen molar-refractivity contribution < 1.29 is 28.6 Å². The van der Waals surface area contributed by atoms with E-state index in [-0.39, 0.29) is 11.3 Å². The fourth-order valence-corrected chi connectivity index (χ4v) is 6.11. The molecule has 5 aromatic rings. The number of anilines is 1. The number of aryl methyl sites for hydroxylation is 1. The summed E-state index contributed by atoms with van der Waals surface area (Å²) in [6.45, 7) is 4.25. The Labute approximate surface area is 250 Å². The first kappa shape index (κ1) is 27.6. The van der Waals surface area contributed by atoms with Crippen LogP contribution < -0.4 is 14.4 Å². The van der Waals surface area contributed by atoms with Crippen LogP contribution in [0.5, 0.6) is 11.5 Å². The smallest absolute Gasteiger partial charge is 0.296 e. The topological polar surface area (TPSA) is 102 Å². The molecule has 1 N–H and O–H groups in total. The Hall–Kier alpha value is -4.60. The van der Waals surface area contributed by atoms with Crippen molar-refractivity contribution in [1.82, 2.24) is 4.98 Å². The first-order valence-electron chi connectivity index (χ1n) is 13.2. The highest BCUT2D eigenvalue weighted by molar-refractivity contribution is 7.22. The van der Waals surface area contributed by atoms with Crippen molar-refractivity contribution in [3.05, 3.63) is 118 Å². The lowest BCUT2D eigenvalue weighted by molar-refractivity contribution is -0.117. The van der Waals surface area contributed by atoms with Gasteiger partial charge in [-0.05, 0) is 67.4 Å². The van der Waals surface area contributed by atoms with Crippen molar-refractivity contribution in [1.29, 1.82) is 0 Å². The number of hydrogen-bond donors (Lipinski definition) is 1. The van der Waals surface area contributed by atoms with Crippen LogP contribution in [0, 0.1) is 6.92 Å². The van der Waals surface area contributed by atoms with Gasteiger partial charge < -0.3 is 19.0 Å². The Morgan fingerprint density at radius 3 is 2.60 bits per heavy atom. The number of Topliss-reactive ketones (excluding diaryl/α,β-unsaturated/α-hetero) is 1. The molecule has 0 fully saturated rings. The Morgan fingerprint density at radius 2 is 1.86 bits per heavy atom. The lowest BCUT2D eigenvalue weighted by atomic mass is 9.95. The zero-order valence-corrected chi connectivity index (χ0v) is 24.2. The predicted octanol–water partition coefficient (Wildman–Crippen LogP) is 7.61. The minimum atomic E-state index is -1.02. The lowest BCUT2D eigenvalue weighted by Crippen LogP contribution is -2.31. The van der Waals surface area contributed by atoms with E-state index in [1.54, 1.807) is 49.4 Å². The molecule has 0 aliphatic carbocycles. The molecule has 0 saturated heterocycles. The van der Waals surface area contributed by atoms with Crippen molar-refractivity contribution in [2.45, 2.75) is 26.5 Å². The molecular weight excluding hydrogens is 576 g/mol. The molecule has 0 radical (unpaired) electrons. The van der Waals surface area contributed by atoms with Crippen LogP contribution in [0.3, 0.4) is 0 Å². The maximum Gasteiger partial charge on any atom is 0.296 e. The predicted molar refractivity (Wildman–Crippen MR) is 161 cm³/mol. The summed E-state index contributed by atoms with van der Waals surface area (Å²) in [6, 6.07) is 22.3. The zero-order chi connectivity index (χ0) is 29.4. The molecule has 3 heterocycles. The molecule has 0 spiro atoms. The first-order chi connectivity index (χ1) is 20.3. The Kier molecular flexibility index (Phi) is 7.45. The second-order valence-electron chi connectivity index (χ2n) is 9.60. The van der Waals surface area contributed by atoms with Crippen LogP contribution >= 0.6 is 22.9 Å². The van der Waals surface area contributed by atoms with Gasteiger partial charge in [-0.1, -0.05) is 59.3 Å². The van der Waals surface area contributed by atoms with E-state index >= 15 is 0 Å². The average Bonchev–Trinajstić information content (AvgIpc) is 3.68. The number of ether oxygens (including phenoxy) is 2. The maximum absolute atomic E-state index is 13.7. The standard InChI is InChI=1S/C32H25ClN2O6S/c1-3-39-25-15-20(10-14-23(25)40-17-19-7-5-4-6-8-19)28-27(29(36)24-13-9-18(2)41-24)30(37)31(38)35(28)32-34-22-12-11-21(33)16-26(22)42-32/h4-16,28,37H,3,17H2,1-2H3. The quantitative estimate of drug-likeness (QED) is 0.174. The van der Waals surface area contributed by atoms with Gasteiger partial charge in [0.05, 0.1) is 28.4 Å². The first-order valence-corrected chi connectivity index (χ1v) is 14.4. The summed E-state index contributed by atoms with van der Waals surface area (Å²) in [7, 11) is 0. The summed E-state index contributed by atoms with van der Waals surface area (Å²) in [5, 5.41) is 12.0. The van der Waals surface area contributed by atoms with Crippen LogP contribution in [0.15, 0.2) is 94.6 Å². The number of hydrogen-bond acceptors (Lipinski definition) is 8. The maximum atomic E-state index is 13.7. The molecule has 3 aromatic carbocycles. The van der Waals surface area contributed by atoms with Gasteiger partial charge in [0.25, 0.3) is 5.91 Å². The van der Waals surface area contributed by atoms with Crippen LogP contribution in [0.1, 0.15) is 40.4 Å². The fraction of sp³-hybridized carbons (Fsp3) is 0.156. The number of halogens is 1. The number of amides is 1. The number of thiazole rings is 1. The molecule has 1 aliphatic rings. The molecule has 0 saturated carbocycles. The van der Waals surface area contributed by atoms with Crippen LogP contribution in [-0.4, -0.2) is 28.4 Å². The number of furan rings is 1. The molecule has 42 heavy (non-hydrogen) atoms. The van der Waals surface area contributed by atoms with E-state index in [0.717, 1.165) is 10.3 Å². The Bertz CT molecular complexity index is 1840. The van der Waals surface area contributed by atoms with E-state index in [1.165, 1.54) is 22.3 Å². The Balaban J connectivity index is 1.45. The summed E-state index contributed by atoms with van der Waals surface area (Å²) in [5.41, 5.74) is 2.02. The summed E-state index contributed by atoms with van der Waals surface area (Å²) in [5.74, 6) is -0.555. The van der Waals surface area contributed by atoms with Gasteiger partial charge in [-0.15, -0.1) is 0 Å². The molecular formula is C32H25ClN2O6S. The van der Waals surface area contributed by atoms with Crippen molar-refractivity contribution in [3.8, 4) is 11.5 Å². The summed E-state index contributed by atoms with van der Waals surface area (Å²) < 4.78 is 18.3. The number of aromatic nitrogens is 1. The number of fused-ring (bicyclic) bond motifs is 1. The third-order valence-electron chi connectivity index (χ3n) is 6.78. The third kappa shape index (κ3) is 5.13. The second-order valence-corrected chi connectivity index (χ2v) is 11.0. The number of benzene rings is 3. The number of ketones is 1. The monoisotopic (exact) mass is 600 g/mol. The van der Waals surface area contributed by atoms with Crippen LogP contribution in [0.2, 0.25) is 5.02 Å². The number of nitrogens with zero attached hydrogens (tertiary/aromatic N) is 2. The minimum Gasteiger partial charge on any atom is -0.503 e. The molecule has 1 amide bonds. The van der Waals surface area contributed by atoms with Gasteiger partial charge in [0, 0.05) is 5.02 Å². The molecule has 10 heteroatoms. The van der Waals surface area contributed by atoms with E-state index in [4.69, 9.17) is 25.5 Å². The number of carbonyl (C=O) groups is 2. The van der Waals surface area contributed by atoms with Gasteiger partial charge in [0.15, 0.2) is 28.1 Å². The normalized spacial score (nSPS) is 15.1. The Morgan fingerprint density at radius 1 is 1.05 bits per heavy atom. The van der Waals surface area contributed by atoms with Gasteiger partial charge in [-0.2, -0.15) is 0 Å². The van der Waals surface area contributed by atoms with Gasteiger partial charge in [0.2, 0.25) is 5.78 Å². The van der Waals surface area contributed by atoms with E-state index in [0.29, 0.717) is 51.7 Å². The summed E-state index contributed by atoms with van der Waals surface area (Å²) >= 11 is 7.43. The highest BCUT2D eigenvalue weighted by Crippen LogP contribution is 2.46. The zero-order valence-electron chi connectivity index (χ0n) is 22.7. The number of carbonyl (C=O) groups excluding carboxylic acids is 2. The highest BCUT2D eigenvalue weighted by Gasteiger charge is 2.46. The van der Waals surface area contributed by atoms with Crippen LogP contribution in [-0.2, 0) is 11.4 Å². The molecule has 0 bridgehead atoms. The van der Waals surface area contributed by atoms with E-state index in [9.17, 15) is 14.7 Å². The fourth-order valence-electron chi connectivity index (χ4n) is 4.85. The average molecular weight is 601 g/mol. The van der Waals surface area contributed by atoms with Gasteiger partial charge in [-0.3, -0.25) is 14.5 Å². The van der Waals surface area contributed by atoms with E-state index in [2.05, 4.69) is 4.98 Å². The number of rotatable bonds is 9. The SMILES string of the molecule is CCOc1cc(C2C(C(=O)c3ccc(C)o3)=C(O)C(=O)N2c2nc3ccc(Cl)cc3s2)ccc1OCc1ccccc1. The van der Waals surface area contributed by atoms with Crippen LogP contribution in [0.25, 0.3) is 10.2 Å². The largest absolute Gasteiger partial charge is 0.503 e. The molecule has 1 unspecified atom stereocenters. The number of aliphatic hydroxyl groups excluding tert-OH is 1. The molecule has 1 aliphatic heterocycles. The highest BCUT2D eigenvalue weighted by atomic mass is 35.5. The second kappa shape index (κ2) is 11.3. The molecule has 2 aromatic heterocycles. The van der Waals surface area contributed by atoms with Crippen molar-refractivity contribution in [2.75, 3.05) is 11.5 Å². The third-order valence-corrected chi connectivity index (χ3v) is 8.04. The van der Waals surface area contributed by atoms with Crippen molar-refractivity contribution >= 4 is 50.0 Å². The van der Waals surface area contributed by atoms with Gasteiger partial charge in [0.1, 0.15) is 12.4 Å². The van der Waals surface area contributed by atoms with E-state index in [1.807, 2.05) is 37.3 Å². The molecule has 8 nitrogen and oxygen atoms in total. The molecule has 212 valence electrons. The van der Waals surface area contributed by atoms with E-state index < -0.39 is 23.5 Å². The van der Waals surface area contributed by atoms with Crippen LogP contribution in [0.4, 0.5) is 5.13 Å². The molecule has 6 rings (SSSR count). The molecule has 1 atom stereocenters. The number of aliphatic hydroxyl groups is 1. The minimum absolute atomic E-state index is 0.0117. The summed E-state index contributed by atoms with van der Waals surface area (Å²) in [4.78, 5) is 33.4. The van der Waals surface area contributed by atoms with Crippen molar-refractivity contribution in [3.63, 3.8) is 0 Å².